The van der Waals surface area contributed by atoms with E-state index in [1.165, 1.54) is 0 Å². The van der Waals surface area contributed by atoms with Gasteiger partial charge < -0.3 is 10.4 Å². The third kappa shape index (κ3) is 2.02. The van der Waals surface area contributed by atoms with Crippen molar-refractivity contribution in [2.24, 2.45) is 4.99 Å². The summed E-state index contributed by atoms with van der Waals surface area (Å²) in [7, 11) is 0. The summed E-state index contributed by atoms with van der Waals surface area (Å²) >= 11 is 0. The molecule has 0 fully saturated rings. The number of benzene rings is 1. The molecule has 80 valence electrons. The van der Waals surface area contributed by atoms with Gasteiger partial charge in [0.25, 0.3) is 0 Å². The zero-order valence-corrected chi connectivity index (χ0v) is 8.90. The number of rotatable bonds is 2. The van der Waals surface area contributed by atoms with Crippen LogP contribution >= 0.6 is 0 Å². The van der Waals surface area contributed by atoms with Crippen LogP contribution in [0.25, 0.3) is 0 Å². The lowest BCUT2D eigenvalue weighted by molar-refractivity contribution is 0.127. The van der Waals surface area contributed by atoms with E-state index in [1.54, 1.807) is 6.92 Å². The molecule has 1 aliphatic rings. The van der Waals surface area contributed by atoms with E-state index in [1.807, 2.05) is 30.3 Å². The van der Waals surface area contributed by atoms with Crippen LogP contribution in [-0.2, 0) is 5.60 Å². The summed E-state index contributed by atoms with van der Waals surface area (Å²) in [5.74, 6) is 0.681. The molecule has 1 unspecified atom stereocenters. The molecule has 2 N–H and O–H groups in total. The van der Waals surface area contributed by atoms with Crippen molar-refractivity contribution in [3.8, 4) is 0 Å². The van der Waals surface area contributed by atoms with E-state index in [0.717, 1.165) is 25.1 Å². The highest BCUT2D eigenvalue weighted by atomic mass is 16.3. The Kier molecular flexibility index (Phi) is 2.73. The molecule has 0 amide bonds. The molecule has 1 aromatic carbocycles. The van der Waals surface area contributed by atoms with E-state index in [2.05, 4.69) is 10.3 Å². The topological polar surface area (TPSA) is 44.6 Å². The van der Waals surface area contributed by atoms with E-state index in [9.17, 15) is 5.11 Å². The van der Waals surface area contributed by atoms with Gasteiger partial charge in [-0.3, -0.25) is 4.99 Å². The van der Waals surface area contributed by atoms with Gasteiger partial charge in [0.2, 0.25) is 0 Å². The maximum Gasteiger partial charge on any atom is 0.143 e. The Hall–Kier alpha value is -1.35. The Balaban J connectivity index is 2.30. The van der Waals surface area contributed by atoms with Crippen LogP contribution in [0.4, 0.5) is 0 Å². The van der Waals surface area contributed by atoms with E-state index in [0.29, 0.717) is 5.84 Å². The molecule has 3 nitrogen and oxygen atoms in total. The molecule has 2 rings (SSSR count). The zero-order chi connectivity index (χ0) is 10.7. The molecule has 0 aromatic heterocycles. The smallest absolute Gasteiger partial charge is 0.143 e. The molecule has 1 atom stereocenters. The van der Waals surface area contributed by atoms with Gasteiger partial charge in [0.05, 0.1) is 0 Å². The SMILES string of the molecule is CC(O)(C1=NCCCN1)c1ccccc1. The molecule has 1 heterocycles. The Morgan fingerprint density at radius 3 is 2.67 bits per heavy atom. The summed E-state index contributed by atoms with van der Waals surface area (Å²) < 4.78 is 0. The summed E-state index contributed by atoms with van der Waals surface area (Å²) in [4.78, 5) is 4.33. The molecular formula is C12H16N2O. The minimum absolute atomic E-state index is 0.681. The fourth-order valence-electron chi connectivity index (χ4n) is 1.76. The summed E-state index contributed by atoms with van der Waals surface area (Å²) in [6, 6.07) is 9.62. The molecule has 0 saturated heterocycles. The second-order valence-corrected chi connectivity index (χ2v) is 3.95. The van der Waals surface area contributed by atoms with Gasteiger partial charge in [-0.1, -0.05) is 30.3 Å². The lowest BCUT2D eigenvalue weighted by atomic mass is 9.94. The van der Waals surface area contributed by atoms with Crippen molar-refractivity contribution in [3.05, 3.63) is 35.9 Å². The minimum Gasteiger partial charge on any atom is -0.377 e. The molecule has 0 radical (unpaired) electrons. The van der Waals surface area contributed by atoms with Crippen LogP contribution < -0.4 is 5.32 Å². The van der Waals surface area contributed by atoms with Crippen molar-refractivity contribution in [1.82, 2.24) is 5.32 Å². The standard InChI is InChI=1S/C12H16N2O/c1-12(15,10-6-3-2-4-7-10)11-13-8-5-9-14-11/h2-4,6-7,15H,5,8-9H2,1H3,(H,13,14). The Labute approximate surface area is 89.9 Å². The largest absolute Gasteiger partial charge is 0.377 e. The van der Waals surface area contributed by atoms with Gasteiger partial charge in [-0.2, -0.15) is 0 Å². The third-order valence-corrected chi connectivity index (χ3v) is 2.69. The van der Waals surface area contributed by atoms with Crippen molar-refractivity contribution in [2.75, 3.05) is 13.1 Å². The summed E-state index contributed by atoms with van der Waals surface area (Å²) in [6.45, 7) is 3.46. The first-order valence-electron chi connectivity index (χ1n) is 5.28. The fourth-order valence-corrected chi connectivity index (χ4v) is 1.76. The van der Waals surface area contributed by atoms with Gasteiger partial charge in [-0.15, -0.1) is 0 Å². The zero-order valence-electron chi connectivity index (χ0n) is 8.90. The highest BCUT2D eigenvalue weighted by molar-refractivity contribution is 5.91. The van der Waals surface area contributed by atoms with Crippen LogP contribution in [0.2, 0.25) is 0 Å². The maximum atomic E-state index is 10.4. The van der Waals surface area contributed by atoms with Crippen LogP contribution in [0.1, 0.15) is 18.9 Å². The predicted molar refractivity (Wildman–Crippen MR) is 60.9 cm³/mol. The number of nitrogens with one attached hydrogen (secondary N) is 1. The van der Waals surface area contributed by atoms with Crippen molar-refractivity contribution in [2.45, 2.75) is 18.9 Å². The second kappa shape index (κ2) is 4.03. The van der Waals surface area contributed by atoms with Gasteiger partial charge in [0, 0.05) is 13.1 Å². The third-order valence-electron chi connectivity index (χ3n) is 2.69. The average Bonchev–Trinajstić information content (AvgIpc) is 2.31. The van der Waals surface area contributed by atoms with E-state index < -0.39 is 5.60 Å². The van der Waals surface area contributed by atoms with Crippen LogP contribution in [0.5, 0.6) is 0 Å². The van der Waals surface area contributed by atoms with Crippen molar-refractivity contribution >= 4 is 5.84 Å². The molecule has 0 saturated carbocycles. The van der Waals surface area contributed by atoms with Crippen LogP contribution in [0, 0.1) is 0 Å². The molecule has 0 bridgehead atoms. The van der Waals surface area contributed by atoms with Crippen molar-refractivity contribution in [1.29, 1.82) is 0 Å². The quantitative estimate of drug-likeness (QED) is 0.762. The summed E-state index contributed by atoms with van der Waals surface area (Å²) in [6.07, 6.45) is 1.04. The van der Waals surface area contributed by atoms with Crippen molar-refractivity contribution in [3.63, 3.8) is 0 Å². The molecule has 0 spiro atoms. The molecule has 0 aliphatic carbocycles. The van der Waals surface area contributed by atoms with Gasteiger partial charge in [-0.05, 0) is 18.9 Å². The Morgan fingerprint density at radius 2 is 2.07 bits per heavy atom. The average molecular weight is 204 g/mol. The Bertz CT molecular complexity index is 357. The van der Waals surface area contributed by atoms with E-state index in [-0.39, 0.29) is 0 Å². The first-order valence-corrected chi connectivity index (χ1v) is 5.28. The normalized spacial score (nSPS) is 20.0. The number of aliphatic imine (C=N–C) groups is 1. The lowest BCUT2D eigenvalue weighted by Crippen LogP contribution is -2.45. The monoisotopic (exact) mass is 204 g/mol. The van der Waals surface area contributed by atoms with E-state index >= 15 is 0 Å². The second-order valence-electron chi connectivity index (χ2n) is 3.95. The van der Waals surface area contributed by atoms with Crippen molar-refractivity contribution < 1.29 is 5.11 Å². The molecule has 1 aliphatic heterocycles. The Morgan fingerprint density at radius 1 is 1.33 bits per heavy atom. The van der Waals surface area contributed by atoms with Gasteiger partial charge in [-0.25, -0.2) is 0 Å². The number of aliphatic hydroxyl groups is 1. The molecular weight excluding hydrogens is 188 g/mol. The molecule has 1 aromatic rings. The van der Waals surface area contributed by atoms with E-state index in [4.69, 9.17) is 0 Å². The highest BCUT2D eigenvalue weighted by Gasteiger charge is 2.30. The number of hydrogen-bond donors (Lipinski definition) is 2. The maximum absolute atomic E-state index is 10.4. The summed E-state index contributed by atoms with van der Waals surface area (Å²) in [5, 5.41) is 13.6. The number of amidine groups is 1. The van der Waals surface area contributed by atoms with Gasteiger partial charge in [0.15, 0.2) is 0 Å². The fraction of sp³-hybridized carbons (Fsp3) is 0.417. The minimum atomic E-state index is -0.998. The number of nitrogens with zero attached hydrogens (tertiary/aromatic N) is 1. The van der Waals surface area contributed by atoms with Gasteiger partial charge in [0.1, 0.15) is 11.4 Å². The molecule has 15 heavy (non-hydrogen) atoms. The van der Waals surface area contributed by atoms with Crippen LogP contribution in [0.3, 0.4) is 0 Å². The first-order chi connectivity index (χ1) is 7.21. The first kappa shape index (κ1) is 10.2. The lowest BCUT2D eigenvalue weighted by Gasteiger charge is -2.28. The van der Waals surface area contributed by atoms with Gasteiger partial charge >= 0.3 is 0 Å². The van der Waals surface area contributed by atoms with Crippen LogP contribution in [0.15, 0.2) is 35.3 Å². The predicted octanol–water partition coefficient (Wildman–Crippen LogP) is 1.29. The highest BCUT2D eigenvalue weighted by Crippen LogP contribution is 2.22. The summed E-state index contributed by atoms with van der Waals surface area (Å²) in [5.41, 5.74) is -0.125. The number of hydrogen-bond acceptors (Lipinski definition) is 3. The van der Waals surface area contributed by atoms with Crippen LogP contribution in [-0.4, -0.2) is 24.0 Å². The molecule has 3 heteroatoms.